The maximum atomic E-state index is 12.3. The molecule has 2 aliphatic rings. The minimum Gasteiger partial charge on any atom is -0.314 e. The van der Waals surface area contributed by atoms with Gasteiger partial charge in [0.05, 0.1) is 5.69 Å². The molecular formula is C15H23N3OS. The smallest absolute Gasteiger partial charge is 0.229 e. The maximum absolute atomic E-state index is 12.3. The number of carbonyl (C=O) groups is 1. The van der Waals surface area contributed by atoms with Gasteiger partial charge in [-0.3, -0.25) is 4.79 Å². The van der Waals surface area contributed by atoms with Gasteiger partial charge < -0.3 is 10.6 Å². The van der Waals surface area contributed by atoms with E-state index in [2.05, 4.69) is 22.5 Å². The van der Waals surface area contributed by atoms with Gasteiger partial charge in [0, 0.05) is 16.8 Å². The summed E-state index contributed by atoms with van der Waals surface area (Å²) in [5, 5.41) is 7.25. The molecule has 3 rings (SSSR count). The summed E-state index contributed by atoms with van der Waals surface area (Å²) in [5.74, 6) is 0.289. The Bertz CT molecular complexity index is 462. The van der Waals surface area contributed by atoms with Gasteiger partial charge in [-0.05, 0) is 52.0 Å². The van der Waals surface area contributed by atoms with E-state index >= 15 is 0 Å². The van der Waals surface area contributed by atoms with Crippen LogP contribution < -0.4 is 10.6 Å². The van der Waals surface area contributed by atoms with E-state index in [9.17, 15) is 4.79 Å². The fraction of sp³-hybridized carbons (Fsp3) is 0.733. The first-order chi connectivity index (χ1) is 9.72. The lowest BCUT2D eigenvalue weighted by atomic mass is 9.92. The number of hydrogen-bond acceptors (Lipinski definition) is 4. The lowest BCUT2D eigenvalue weighted by Gasteiger charge is -2.26. The van der Waals surface area contributed by atoms with Crippen LogP contribution in [-0.4, -0.2) is 23.5 Å². The van der Waals surface area contributed by atoms with Crippen LogP contribution in [-0.2, 0) is 17.6 Å². The molecule has 2 N–H and O–H groups in total. The number of hydrogen-bond donors (Lipinski definition) is 2. The van der Waals surface area contributed by atoms with Gasteiger partial charge >= 0.3 is 0 Å². The molecule has 0 spiro atoms. The molecule has 5 heteroatoms. The Balaban J connectivity index is 1.64. The number of amides is 1. The second-order valence-corrected chi connectivity index (χ2v) is 7.10. The molecule has 0 bridgehead atoms. The van der Waals surface area contributed by atoms with Crippen LogP contribution in [0.4, 0.5) is 5.13 Å². The fourth-order valence-electron chi connectivity index (χ4n) is 3.16. The summed E-state index contributed by atoms with van der Waals surface area (Å²) in [4.78, 5) is 18.3. The number of nitrogens with zero attached hydrogens (tertiary/aromatic N) is 1. The third kappa shape index (κ3) is 3.20. The van der Waals surface area contributed by atoms with Crippen molar-refractivity contribution < 1.29 is 4.79 Å². The van der Waals surface area contributed by atoms with Crippen LogP contribution in [0.3, 0.4) is 0 Å². The largest absolute Gasteiger partial charge is 0.314 e. The molecule has 1 aliphatic carbocycles. The van der Waals surface area contributed by atoms with Gasteiger partial charge in [-0.25, -0.2) is 4.98 Å². The van der Waals surface area contributed by atoms with Crippen molar-refractivity contribution in [2.24, 2.45) is 5.92 Å². The molecule has 1 aliphatic heterocycles. The van der Waals surface area contributed by atoms with Crippen LogP contribution in [0.15, 0.2) is 0 Å². The summed E-state index contributed by atoms with van der Waals surface area (Å²) in [6, 6.07) is 0.438. The molecule has 20 heavy (non-hydrogen) atoms. The summed E-state index contributed by atoms with van der Waals surface area (Å²) in [7, 11) is 0. The van der Waals surface area contributed by atoms with Crippen molar-refractivity contribution in [1.29, 1.82) is 0 Å². The predicted octanol–water partition coefficient (Wildman–Crippen LogP) is 2.74. The molecule has 2 heterocycles. The highest BCUT2D eigenvalue weighted by Crippen LogP contribution is 2.29. The second kappa shape index (κ2) is 6.22. The van der Waals surface area contributed by atoms with Gasteiger partial charge in [0.2, 0.25) is 5.91 Å². The van der Waals surface area contributed by atoms with Crippen LogP contribution in [0, 0.1) is 5.92 Å². The molecule has 1 aromatic rings. The van der Waals surface area contributed by atoms with Gasteiger partial charge in [0.1, 0.15) is 0 Å². The predicted molar refractivity (Wildman–Crippen MR) is 82.2 cm³/mol. The molecule has 1 aromatic heterocycles. The minimum atomic E-state index is 0.134. The highest BCUT2D eigenvalue weighted by molar-refractivity contribution is 7.15. The summed E-state index contributed by atoms with van der Waals surface area (Å²) < 4.78 is 0. The van der Waals surface area contributed by atoms with Crippen molar-refractivity contribution in [2.75, 3.05) is 11.9 Å². The third-order valence-corrected chi connectivity index (χ3v) is 5.39. The fourth-order valence-corrected chi connectivity index (χ4v) is 4.21. The Morgan fingerprint density at radius 1 is 1.35 bits per heavy atom. The number of aromatic nitrogens is 1. The van der Waals surface area contributed by atoms with E-state index in [0.29, 0.717) is 6.04 Å². The molecule has 0 aromatic carbocycles. The molecule has 0 saturated carbocycles. The number of carbonyl (C=O) groups excluding carboxylic acids is 1. The molecule has 1 fully saturated rings. The highest BCUT2D eigenvalue weighted by Gasteiger charge is 2.25. The first kappa shape index (κ1) is 14.0. The quantitative estimate of drug-likeness (QED) is 0.824. The third-order valence-electron chi connectivity index (χ3n) is 4.32. The first-order valence-corrected chi connectivity index (χ1v) is 8.57. The standard InChI is InChI=1S/C15H23N3OS/c1-10-9-11(7-8-16-10)14(19)18-15-17-12-5-3-2-4-6-13(12)20-15/h10-11,16H,2-9H2,1H3,(H,17,18,19)/t10-,11-/m0/s1. The van der Waals surface area contributed by atoms with Crippen LogP contribution in [0.25, 0.3) is 0 Å². The van der Waals surface area contributed by atoms with E-state index in [1.165, 1.54) is 29.8 Å². The summed E-state index contributed by atoms with van der Waals surface area (Å²) in [5.41, 5.74) is 1.22. The Morgan fingerprint density at radius 3 is 3.05 bits per heavy atom. The zero-order valence-electron chi connectivity index (χ0n) is 12.1. The van der Waals surface area contributed by atoms with E-state index in [1.807, 2.05) is 0 Å². The number of nitrogens with one attached hydrogen (secondary N) is 2. The van der Waals surface area contributed by atoms with Crippen molar-refractivity contribution in [2.45, 2.75) is 57.9 Å². The second-order valence-electron chi connectivity index (χ2n) is 6.02. The lowest BCUT2D eigenvalue weighted by molar-refractivity contribution is -0.120. The van der Waals surface area contributed by atoms with E-state index < -0.39 is 0 Å². The van der Waals surface area contributed by atoms with Crippen LogP contribution in [0.1, 0.15) is 49.6 Å². The van der Waals surface area contributed by atoms with Gasteiger partial charge in [-0.2, -0.15) is 0 Å². The van der Waals surface area contributed by atoms with Crippen molar-refractivity contribution >= 4 is 22.4 Å². The SMILES string of the molecule is C[C@H]1C[C@@H](C(=O)Nc2nc3c(s2)CCCCC3)CCN1. The summed E-state index contributed by atoms with van der Waals surface area (Å²) in [6.45, 7) is 3.08. The van der Waals surface area contributed by atoms with Crippen molar-refractivity contribution in [1.82, 2.24) is 10.3 Å². The van der Waals surface area contributed by atoms with Gasteiger partial charge in [0.25, 0.3) is 0 Å². The van der Waals surface area contributed by atoms with E-state index in [4.69, 9.17) is 0 Å². The van der Waals surface area contributed by atoms with Gasteiger partial charge in [0.15, 0.2) is 5.13 Å². The topological polar surface area (TPSA) is 54.0 Å². The number of thiazole rings is 1. The zero-order valence-corrected chi connectivity index (χ0v) is 12.9. The molecular weight excluding hydrogens is 270 g/mol. The molecule has 110 valence electrons. The molecule has 1 saturated heterocycles. The number of fused-ring (bicyclic) bond motifs is 1. The van der Waals surface area contributed by atoms with Crippen LogP contribution in [0.2, 0.25) is 0 Å². The Morgan fingerprint density at radius 2 is 2.20 bits per heavy atom. The van der Waals surface area contributed by atoms with Crippen LogP contribution in [0.5, 0.6) is 0 Å². The average Bonchev–Trinajstić information content (AvgIpc) is 2.68. The van der Waals surface area contributed by atoms with E-state index in [-0.39, 0.29) is 11.8 Å². The maximum Gasteiger partial charge on any atom is 0.229 e. The van der Waals surface area contributed by atoms with E-state index in [1.54, 1.807) is 11.3 Å². The lowest BCUT2D eigenvalue weighted by Crippen LogP contribution is -2.40. The van der Waals surface area contributed by atoms with Crippen LogP contribution >= 0.6 is 11.3 Å². The van der Waals surface area contributed by atoms with Gasteiger partial charge in [-0.1, -0.05) is 6.42 Å². The summed E-state index contributed by atoms with van der Waals surface area (Å²) in [6.07, 6.45) is 7.86. The number of piperidine rings is 1. The molecule has 0 unspecified atom stereocenters. The molecule has 4 nitrogen and oxygen atoms in total. The Labute approximate surface area is 124 Å². The normalized spacial score (nSPS) is 26.6. The van der Waals surface area contributed by atoms with Crippen molar-refractivity contribution in [3.05, 3.63) is 10.6 Å². The zero-order chi connectivity index (χ0) is 13.9. The minimum absolute atomic E-state index is 0.134. The molecule has 1 amide bonds. The monoisotopic (exact) mass is 293 g/mol. The van der Waals surface area contributed by atoms with Crippen molar-refractivity contribution in [3.63, 3.8) is 0 Å². The Kier molecular flexibility index (Phi) is 4.36. The Hall–Kier alpha value is -0.940. The number of rotatable bonds is 2. The molecule has 0 radical (unpaired) electrons. The van der Waals surface area contributed by atoms with Gasteiger partial charge in [-0.15, -0.1) is 11.3 Å². The van der Waals surface area contributed by atoms with E-state index in [0.717, 1.165) is 37.4 Å². The number of anilines is 1. The van der Waals surface area contributed by atoms with Crippen molar-refractivity contribution in [3.8, 4) is 0 Å². The highest BCUT2D eigenvalue weighted by atomic mass is 32.1. The molecule has 2 atom stereocenters. The summed E-state index contributed by atoms with van der Waals surface area (Å²) >= 11 is 1.68. The first-order valence-electron chi connectivity index (χ1n) is 7.75. The number of aryl methyl sites for hydroxylation is 2. The average molecular weight is 293 g/mol.